The molecule has 0 atom stereocenters. The molecule has 2 heterocycles. The molecule has 0 aromatic carbocycles. The lowest BCUT2D eigenvalue weighted by Gasteiger charge is -2.00. The Kier molecular flexibility index (Phi) is 2.50. The Morgan fingerprint density at radius 1 is 1.43 bits per heavy atom. The molecule has 0 amide bonds. The lowest BCUT2D eigenvalue weighted by molar-refractivity contribution is 0.586. The van der Waals surface area contributed by atoms with Crippen molar-refractivity contribution in [1.82, 2.24) is 4.98 Å². The summed E-state index contributed by atoms with van der Waals surface area (Å²) in [5.41, 5.74) is 0.124. The zero-order valence-electron chi connectivity index (χ0n) is 7.65. The van der Waals surface area contributed by atoms with Crippen LogP contribution in [-0.4, -0.2) is 20.7 Å². The van der Waals surface area contributed by atoms with Gasteiger partial charge >= 0.3 is 0 Å². The maximum atomic E-state index is 13.1. The molecule has 0 bridgehead atoms. The van der Waals surface area contributed by atoms with Gasteiger partial charge in [-0.2, -0.15) is 8.75 Å². The van der Waals surface area contributed by atoms with Gasteiger partial charge in [0.05, 0.1) is 9.73 Å². The summed E-state index contributed by atoms with van der Waals surface area (Å²) in [6.45, 7) is 0. The molecule has 3 nitrogen and oxygen atoms in total. The van der Waals surface area contributed by atoms with E-state index in [1.807, 2.05) is 0 Å². The van der Waals surface area contributed by atoms with E-state index in [1.165, 1.54) is 12.3 Å². The van der Waals surface area contributed by atoms with Crippen LogP contribution < -0.4 is 0 Å². The second-order valence-electron chi connectivity index (χ2n) is 3.29. The van der Waals surface area contributed by atoms with Gasteiger partial charge in [-0.15, -0.1) is 0 Å². The fourth-order valence-electron chi connectivity index (χ4n) is 1.47. The van der Waals surface area contributed by atoms with Gasteiger partial charge in [0.15, 0.2) is 0 Å². The fraction of sp³-hybridized carbons (Fsp3) is 0.444. The molecule has 1 aliphatic heterocycles. The normalized spacial score (nSPS) is 19.5. The maximum absolute atomic E-state index is 13.1. The van der Waals surface area contributed by atoms with E-state index in [0.717, 1.165) is 12.8 Å². The van der Waals surface area contributed by atoms with Crippen LogP contribution in [0.1, 0.15) is 12.8 Å². The topological polar surface area (TPSA) is 42.3 Å². The van der Waals surface area contributed by atoms with Crippen LogP contribution in [-0.2, 0) is 9.73 Å². The van der Waals surface area contributed by atoms with Crippen molar-refractivity contribution < 1.29 is 8.60 Å². The summed E-state index contributed by atoms with van der Waals surface area (Å²) in [4.78, 5) is 3.47. The van der Waals surface area contributed by atoms with Crippen LogP contribution in [0.4, 0.5) is 10.1 Å². The molecule has 2 rings (SSSR count). The molecular weight excluding hydrogens is 203 g/mol. The van der Waals surface area contributed by atoms with E-state index in [1.54, 1.807) is 6.07 Å². The van der Waals surface area contributed by atoms with Crippen molar-refractivity contribution >= 4 is 15.4 Å². The Hall–Kier alpha value is -0.970. The minimum atomic E-state index is -2.18. The molecule has 76 valence electrons. The molecule has 14 heavy (non-hydrogen) atoms. The first kappa shape index (κ1) is 9.58. The Morgan fingerprint density at radius 2 is 2.14 bits per heavy atom. The lowest BCUT2D eigenvalue weighted by atomic mass is 10.4. The van der Waals surface area contributed by atoms with Crippen molar-refractivity contribution in [2.24, 2.45) is 4.36 Å². The van der Waals surface area contributed by atoms with Crippen molar-refractivity contribution in [3.05, 3.63) is 24.3 Å². The molecular formula is C9H11FN2OS. The van der Waals surface area contributed by atoms with Crippen LogP contribution in [0.5, 0.6) is 0 Å². The highest BCUT2D eigenvalue weighted by molar-refractivity contribution is 7.93. The van der Waals surface area contributed by atoms with Crippen LogP contribution >= 0.6 is 0 Å². The van der Waals surface area contributed by atoms with Crippen LogP contribution in [0.2, 0.25) is 0 Å². The van der Waals surface area contributed by atoms with Crippen LogP contribution in [0.25, 0.3) is 0 Å². The fourth-order valence-corrected chi connectivity index (χ4v) is 3.67. The first-order chi connectivity index (χ1) is 6.70. The van der Waals surface area contributed by atoms with Gasteiger partial charge in [-0.25, -0.2) is 9.19 Å². The first-order valence-corrected chi connectivity index (χ1v) is 6.38. The van der Waals surface area contributed by atoms with E-state index in [9.17, 15) is 8.60 Å². The number of halogens is 1. The van der Waals surface area contributed by atoms with Crippen molar-refractivity contribution in [1.29, 1.82) is 0 Å². The summed E-state index contributed by atoms with van der Waals surface area (Å²) in [5.74, 6) is 0.532. The lowest BCUT2D eigenvalue weighted by Crippen LogP contribution is -2.00. The number of aromatic nitrogens is 1. The molecule has 5 heteroatoms. The quantitative estimate of drug-likeness (QED) is 0.672. The molecule has 0 unspecified atom stereocenters. The molecule has 0 spiro atoms. The Labute approximate surface area is 82.5 Å². The molecule has 0 saturated carbocycles. The highest BCUT2D eigenvalue weighted by Gasteiger charge is 2.17. The highest BCUT2D eigenvalue weighted by atomic mass is 32.2. The van der Waals surface area contributed by atoms with Gasteiger partial charge in [-0.05, 0) is 25.0 Å². The summed E-state index contributed by atoms with van der Waals surface area (Å²) < 4.78 is 29.0. The van der Waals surface area contributed by atoms with Crippen molar-refractivity contribution in [3.63, 3.8) is 0 Å². The number of hydrogen-bond acceptors (Lipinski definition) is 3. The van der Waals surface area contributed by atoms with Gasteiger partial charge in [-0.3, -0.25) is 0 Å². The summed E-state index contributed by atoms with van der Waals surface area (Å²) in [7, 11) is -2.18. The van der Waals surface area contributed by atoms with E-state index < -0.39 is 15.7 Å². The number of pyridine rings is 1. The van der Waals surface area contributed by atoms with Gasteiger partial charge in [0.25, 0.3) is 0 Å². The molecule has 1 fully saturated rings. The standard InChI is InChI=1S/C9H11FN2OS/c10-9-8(4-3-5-11-9)12-14(13)6-1-2-7-14/h3-5H,1-2,6-7H2. The van der Waals surface area contributed by atoms with Crippen molar-refractivity contribution in [2.45, 2.75) is 12.8 Å². The molecule has 0 aliphatic carbocycles. The average molecular weight is 214 g/mol. The number of nitrogens with zero attached hydrogens (tertiary/aromatic N) is 2. The average Bonchev–Trinajstić information content (AvgIpc) is 2.57. The predicted octanol–water partition coefficient (Wildman–Crippen LogP) is 2.11. The van der Waals surface area contributed by atoms with Crippen LogP contribution in [0, 0.1) is 5.95 Å². The smallest absolute Gasteiger partial charge is 0.239 e. The monoisotopic (exact) mass is 214 g/mol. The van der Waals surface area contributed by atoms with E-state index in [2.05, 4.69) is 9.35 Å². The summed E-state index contributed by atoms with van der Waals surface area (Å²) in [6.07, 6.45) is 3.20. The van der Waals surface area contributed by atoms with Gasteiger partial charge in [0.2, 0.25) is 5.95 Å². The summed E-state index contributed by atoms with van der Waals surface area (Å²) in [6, 6.07) is 3.10. The van der Waals surface area contributed by atoms with E-state index in [-0.39, 0.29) is 5.69 Å². The molecule has 1 aromatic heterocycles. The third-order valence-corrected chi connectivity index (χ3v) is 4.56. The van der Waals surface area contributed by atoms with Gasteiger partial charge < -0.3 is 0 Å². The largest absolute Gasteiger partial charge is 0.249 e. The molecule has 0 N–H and O–H groups in total. The minimum absolute atomic E-state index is 0.124. The zero-order chi connectivity index (χ0) is 10.0. The van der Waals surface area contributed by atoms with Gasteiger partial charge in [0.1, 0.15) is 5.69 Å². The zero-order valence-corrected chi connectivity index (χ0v) is 8.47. The number of rotatable bonds is 1. The van der Waals surface area contributed by atoms with Crippen molar-refractivity contribution in [3.8, 4) is 0 Å². The Balaban J connectivity index is 2.43. The maximum Gasteiger partial charge on any atom is 0.239 e. The van der Waals surface area contributed by atoms with E-state index in [0.29, 0.717) is 11.5 Å². The van der Waals surface area contributed by atoms with Crippen LogP contribution in [0.15, 0.2) is 22.7 Å². The predicted molar refractivity (Wildman–Crippen MR) is 53.4 cm³/mol. The SMILES string of the molecule is O=S1(=Nc2cccnc2F)CCCC1. The third kappa shape index (κ3) is 1.92. The Bertz CT molecular complexity index is 440. The minimum Gasteiger partial charge on any atom is -0.249 e. The second-order valence-corrected chi connectivity index (χ2v) is 5.84. The molecule has 1 aliphatic rings. The highest BCUT2D eigenvalue weighted by Crippen LogP contribution is 2.21. The Morgan fingerprint density at radius 3 is 2.79 bits per heavy atom. The van der Waals surface area contributed by atoms with Gasteiger partial charge in [0, 0.05) is 17.7 Å². The van der Waals surface area contributed by atoms with Gasteiger partial charge in [-0.1, -0.05) is 0 Å². The molecule has 1 aromatic rings. The first-order valence-electron chi connectivity index (χ1n) is 4.53. The summed E-state index contributed by atoms with van der Waals surface area (Å²) >= 11 is 0. The number of hydrogen-bond donors (Lipinski definition) is 0. The van der Waals surface area contributed by atoms with Crippen LogP contribution in [0.3, 0.4) is 0 Å². The second kappa shape index (κ2) is 3.65. The summed E-state index contributed by atoms with van der Waals surface area (Å²) in [5, 5.41) is 0. The molecule has 0 radical (unpaired) electrons. The van der Waals surface area contributed by atoms with Crippen molar-refractivity contribution in [2.75, 3.05) is 11.5 Å². The third-order valence-electron chi connectivity index (χ3n) is 2.18. The van der Waals surface area contributed by atoms with E-state index >= 15 is 0 Å². The van der Waals surface area contributed by atoms with E-state index in [4.69, 9.17) is 0 Å². The molecule has 1 saturated heterocycles.